The molecule has 0 bridgehead atoms. The summed E-state index contributed by atoms with van der Waals surface area (Å²) < 4.78 is 0. The molecule has 0 radical (unpaired) electrons. The van der Waals surface area contributed by atoms with E-state index in [2.05, 4.69) is 43.2 Å². The van der Waals surface area contributed by atoms with Gasteiger partial charge in [0, 0.05) is 66.7 Å². The fourth-order valence-electron chi connectivity index (χ4n) is 4.10. The first-order valence-corrected chi connectivity index (χ1v) is 10.2. The number of hydrogen-bond acceptors (Lipinski definition) is 7. The molecule has 8 heteroatoms. The fourth-order valence-corrected chi connectivity index (χ4v) is 4.10. The number of H-pyrrole nitrogens is 1. The van der Waals surface area contributed by atoms with E-state index in [1.807, 2.05) is 6.07 Å². The number of aromatic amines is 1. The number of allylic oxidation sites excluding steroid dienone is 1. The van der Waals surface area contributed by atoms with Crippen LogP contribution in [0.1, 0.15) is 31.0 Å². The second-order valence-electron chi connectivity index (χ2n) is 7.49. The molecule has 8 nitrogen and oxygen atoms in total. The summed E-state index contributed by atoms with van der Waals surface area (Å²) in [4.78, 5) is 18.8. The van der Waals surface area contributed by atoms with Gasteiger partial charge in [-0.25, -0.2) is 9.97 Å². The highest BCUT2D eigenvalue weighted by atomic mass is 15.1. The molecule has 0 amide bonds. The van der Waals surface area contributed by atoms with Crippen molar-refractivity contribution >= 4 is 39.4 Å². The van der Waals surface area contributed by atoms with Crippen molar-refractivity contribution in [1.29, 1.82) is 5.26 Å². The van der Waals surface area contributed by atoms with Gasteiger partial charge in [-0.1, -0.05) is 6.92 Å². The monoisotopic (exact) mass is 402 g/mol. The number of piperidine rings is 1. The predicted octanol–water partition coefficient (Wildman–Crippen LogP) is 2.88. The van der Waals surface area contributed by atoms with E-state index >= 15 is 0 Å². The van der Waals surface area contributed by atoms with Crippen LogP contribution < -0.4 is 11.1 Å². The van der Waals surface area contributed by atoms with Crippen LogP contribution in [0.4, 0.5) is 5.69 Å². The molecular weight excluding hydrogens is 376 g/mol. The van der Waals surface area contributed by atoms with E-state index in [1.54, 1.807) is 25.7 Å². The van der Waals surface area contributed by atoms with Gasteiger partial charge in [-0.15, -0.1) is 0 Å². The molecule has 4 rings (SSSR count). The molecule has 30 heavy (non-hydrogen) atoms. The summed E-state index contributed by atoms with van der Waals surface area (Å²) in [5, 5.41) is 15.2. The molecule has 1 aliphatic heterocycles. The van der Waals surface area contributed by atoms with Crippen LogP contribution in [-0.4, -0.2) is 58.8 Å². The molecule has 3 aromatic rings. The summed E-state index contributed by atoms with van der Waals surface area (Å²) in [6.45, 7) is 5.37. The number of hydrogen-bond donors (Lipinski definition) is 3. The second kappa shape index (κ2) is 8.51. The Morgan fingerprint density at radius 2 is 2.20 bits per heavy atom. The molecule has 4 N–H and O–H groups in total. The van der Waals surface area contributed by atoms with E-state index in [-0.39, 0.29) is 0 Å². The Kier molecular flexibility index (Phi) is 5.63. The molecule has 0 aliphatic carbocycles. The summed E-state index contributed by atoms with van der Waals surface area (Å²) in [7, 11) is 1.71. The normalized spacial score (nSPS) is 16.5. The molecule has 4 heterocycles. The molecule has 1 fully saturated rings. The van der Waals surface area contributed by atoms with Crippen molar-refractivity contribution in [1.82, 2.24) is 19.9 Å². The predicted molar refractivity (Wildman–Crippen MR) is 121 cm³/mol. The van der Waals surface area contributed by atoms with Gasteiger partial charge in [-0.2, -0.15) is 5.26 Å². The van der Waals surface area contributed by atoms with Crippen LogP contribution in [0.3, 0.4) is 0 Å². The number of aromatic nitrogens is 3. The highest BCUT2D eigenvalue weighted by Crippen LogP contribution is 2.34. The third kappa shape index (κ3) is 3.60. The third-order valence-electron chi connectivity index (χ3n) is 5.76. The number of rotatable bonds is 5. The summed E-state index contributed by atoms with van der Waals surface area (Å²) in [5.74, 6) is 0. The lowest BCUT2D eigenvalue weighted by molar-refractivity contribution is 0.229. The number of fused-ring (bicyclic) bond motifs is 3. The van der Waals surface area contributed by atoms with Crippen LogP contribution in [0.25, 0.3) is 27.5 Å². The minimum absolute atomic E-state index is 0.306. The highest BCUT2D eigenvalue weighted by Gasteiger charge is 2.22. The fraction of sp³-hybridized carbons (Fsp3) is 0.364. The van der Waals surface area contributed by atoms with Crippen LogP contribution in [0, 0.1) is 11.3 Å². The lowest BCUT2D eigenvalue weighted by Gasteiger charge is -2.32. The number of aliphatic imine (C=N–C) groups is 1. The lowest BCUT2D eigenvalue weighted by Crippen LogP contribution is -2.39. The zero-order valence-electron chi connectivity index (χ0n) is 17.3. The molecule has 0 saturated carbocycles. The van der Waals surface area contributed by atoms with E-state index in [1.165, 1.54) is 6.20 Å². The Balaban J connectivity index is 1.82. The zero-order chi connectivity index (χ0) is 21.1. The van der Waals surface area contributed by atoms with Crippen molar-refractivity contribution in [3.8, 4) is 6.07 Å². The number of anilines is 1. The molecule has 1 aliphatic rings. The summed E-state index contributed by atoms with van der Waals surface area (Å²) in [6, 6.07) is 4.59. The van der Waals surface area contributed by atoms with Crippen molar-refractivity contribution in [2.45, 2.75) is 25.8 Å². The minimum Gasteiger partial charge on any atom is -0.404 e. The summed E-state index contributed by atoms with van der Waals surface area (Å²) in [6.07, 6.45) is 8.77. The van der Waals surface area contributed by atoms with E-state index in [0.717, 1.165) is 71.2 Å². The first-order chi connectivity index (χ1) is 14.7. The quantitative estimate of drug-likeness (QED) is 0.565. The standard InChI is InChI=1S/C22H26N8/c1-3-30-6-4-16(5-7-30)28-21-18(10-24)26-13-19-20(21)17-8-14(12-27-22(17)29-19)15(9-23)11-25-2/h8-9,11-13,16,28H,3-7,23H2,1-2H3,(H,27,29). The maximum Gasteiger partial charge on any atom is 0.164 e. The topological polar surface area (TPSA) is 119 Å². The van der Waals surface area contributed by atoms with Crippen molar-refractivity contribution < 1.29 is 0 Å². The van der Waals surface area contributed by atoms with Crippen LogP contribution in [0.15, 0.2) is 29.7 Å². The van der Waals surface area contributed by atoms with Crippen molar-refractivity contribution in [3.05, 3.63) is 35.9 Å². The average molecular weight is 403 g/mol. The van der Waals surface area contributed by atoms with E-state index in [0.29, 0.717) is 11.7 Å². The maximum atomic E-state index is 9.72. The zero-order valence-corrected chi connectivity index (χ0v) is 17.3. The van der Waals surface area contributed by atoms with E-state index < -0.39 is 0 Å². The summed E-state index contributed by atoms with van der Waals surface area (Å²) in [5.41, 5.74) is 10.2. The molecule has 154 valence electrons. The number of pyridine rings is 2. The first kappa shape index (κ1) is 19.9. The molecule has 3 aromatic heterocycles. The Morgan fingerprint density at radius 3 is 2.87 bits per heavy atom. The Labute approximate surface area is 175 Å². The van der Waals surface area contributed by atoms with Crippen molar-refractivity contribution in [3.63, 3.8) is 0 Å². The Bertz CT molecular complexity index is 1160. The number of nitrogens with zero attached hydrogens (tertiary/aromatic N) is 5. The van der Waals surface area contributed by atoms with Crippen LogP contribution in [0.2, 0.25) is 0 Å². The number of nitrogens with one attached hydrogen (secondary N) is 2. The molecule has 0 spiro atoms. The largest absolute Gasteiger partial charge is 0.404 e. The lowest BCUT2D eigenvalue weighted by atomic mass is 10.0. The van der Waals surface area contributed by atoms with Gasteiger partial charge in [0.1, 0.15) is 11.7 Å². The number of nitriles is 1. The maximum absolute atomic E-state index is 9.72. The average Bonchev–Trinajstić information content (AvgIpc) is 3.16. The molecule has 0 atom stereocenters. The van der Waals surface area contributed by atoms with Gasteiger partial charge in [0.25, 0.3) is 0 Å². The van der Waals surface area contributed by atoms with Gasteiger partial charge in [0.2, 0.25) is 0 Å². The van der Waals surface area contributed by atoms with Crippen LogP contribution in [-0.2, 0) is 0 Å². The minimum atomic E-state index is 0.306. The van der Waals surface area contributed by atoms with Crippen molar-refractivity contribution in [2.24, 2.45) is 10.7 Å². The molecular formula is C22H26N8. The van der Waals surface area contributed by atoms with Gasteiger partial charge in [0.15, 0.2) is 5.69 Å². The van der Waals surface area contributed by atoms with Crippen LogP contribution in [0.5, 0.6) is 0 Å². The number of likely N-dealkylation sites (tertiary alicyclic amines) is 1. The highest BCUT2D eigenvalue weighted by molar-refractivity contribution is 6.15. The Morgan fingerprint density at radius 1 is 1.40 bits per heavy atom. The van der Waals surface area contributed by atoms with Crippen LogP contribution >= 0.6 is 0 Å². The second-order valence-corrected chi connectivity index (χ2v) is 7.49. The first-order valence-electron chi connectivity index (χ1n) is 10.2. The van der Waals surface area contributed by atoms with Gasteiger partial charge in [0.05, 0.1) is 17.4 Å². The molecule has 1 saturated heterocycles. The molecule has 0 unspecified atom stereocenters. The molecule has 0 aromatic carbocycles. The van der Waals surface area contributed by atoms with E-state index in [9.17, 15) is 5.26 Å². The van der Waals surface area contributed by atoms with E-state index in [4.69, 9.17) is 5.73 Å². The summed E-state index contributed by atoms with van der Waals surface area (Å²) >= 11 is 0. The smallest absolute Gasteiger partial charge is 0.164 e. The van der Waals surface area contributed by atoms with Crippen molar-refractivity contribution in [2.75, 3.05) is 32.0 Å². The van der Waals surface area contributed by atoms with Gasteiger partial charge >= 0.3 is 0 Å². The van der Waals surface area contributed by atoms with Gasteiger partial charge in [-0.3, -0.25) is 4.99 Å². The third-order valence-corrected chi connectivity index (χ3v) is 5.76. The van der Waals surface area contributed by atoms with Gasteiger partial charge < -0.3 is 20.9 Å². The SMILES string of the molecule is CCN1CCC(Nc2c(C#N)ncc3[nH]c4ncc(C(C=NC)=CN)cc4c23)CC1. The Hall–Kier alpha value is -3.44. The number of nitrogens with two attached hydrogens (primary N) is 1. The van der Waals surface area contributed by atoms with Gasteiger partial charge in [-0.05, 0) is 25.5 Å².